The molecule has 4 rings (SSSR count). The SMILES string of the molecule is O=C1NCCN2CCN(C(=O)c3cccnc3N3CCOCC3)C[C@@H]12. The predicted molar refractivity (Wildman–Crippen MR) is 91.5 cm³/mol. The molecule has 3 aliphatic heterocycles. The van der Waals surface area contributed by atoms with Crippen LogP contribution >= 0.6 is 0 Å². The van der Waals surface area contributed by atoms with Gasteiger partial charge in [0.25, 0.3) is 5.91 Å². The number of pyridine rings is 1. The van der Waals surface area contributed by atoms with Crippen LogP contribution in [0.25, 0.3) is 0 Å². The van der Waals surface area contributed by atoms with Gasteiger partial charge < -0.3 is 19.9 Å². The topological polar surface area (TPSA) is 78.0 Å². The minimum absolute atomic E-state index is 0.0170. The van der Waals surface area contributed by atoms with E-state index in [0.717, 1.165) is 26.2 Å². The first-order valence-corrected chi connectivity index (χ1v) is 8.83. The number of ether oxygens (including phenoxy) is 1. The van der Waals surface area contributed by atoms with Gasteiger partial charge >= 0.3 is 0 Å². The summed E-state index contributed by atoms with van der Waals surface area (Å²) in [5.74, 6) is 0.683. The van der Waals surface area contributed by atoms with Crippen molar-refractivity contribution in [1.29, 1.82) is 0 Å². The number of anilines is 1. The van der Waals surface area contributed by atoms with Gasteiger partial charge in [0.15, 0.2) is 0 Å². The van der Waals surface area contributed by atoms with E-state index in [2.05, 4.69) is 20.1 Å². The van der Waals surface area contributed by atoms with Crippen molar-refractivity contribution in [2.75, 3.05) is 63.9 Å². The highest BCUT2D eigenvalue weighted by molar-refractivity contribution is 5.99. The van der Waals surface area contributed by atoms with Crippen LogP contribution in [0.15, 0.2) is 18.3 Å². The van der Waals surface area contributed by atoms with Crippen molar-refractivity contribution in [2.24, 2.45) is 0 Å². The molecule has 1 atom stereocenters. The molecule has 134 valence electrons. The molecule has 2 amide bonds. The molecule has 4 heterocycles. The highest BCUT2D eigenvalue weighted by atomic mass is 16.5. The number of piperazine rings is 2. The Morgan fingerprint density at radius 1 is 1.20 bits per heavy atom. The van der Waals surface area contributed by atoms with Gasteiger partial charge in [-0.15, -0.1) is 0 Å². The van der Waals surface area contributed by atoms with E-state index in [-0.39, 0.29) is 17.9 Å². The molecule has 8 heteroatoms. The van der Waals surface area contributed by atoms with E-state index >= 15 is 0 Å². The van der Waals surface area contributed by atoms with Crippen molar-refractivity contribution < 1.29 is 14.3 Å². The fourth-order valence-corrected chi connectivity index (χ4v) is 3.72. The number of fused-ring (bicyclic) bond motifs is 1. The molecule has 1 aromatic heterocycles. The van der Waals surface area contributed by atoms with Crippen LogP contribution in [-0.4, -0.2) is 91.7 Å². The van der Waals surface area contributed by atoms with Crippen LogP contribution in [0.5, 0.6) is 0 Å². The zero-order valence-electron chi connectivity index (χ0n) is 14.2. The third-order valence-electron chi connectivity index (χ3n) is 5.11. The second-order valence-corrected chi connectivity index (χ2v) is 6.57. The van der Waals surface area contributed by atoms with E-state index in [9.17, 15) is 9.59 Å². The summed E-state index contributed by atoms with van der Waals surface area (Å²) < 4.78 is 5.39. The van der Waals surface area contributed by atoms with E-state index in [1.807, 2.05) is 6.07 Å². The second-order valence-electron chi connectivity index (χ2n) is 6.57. The summed E-state index contributed by atoms with van der Waals surface area (Å²) >= 11 is 0. The lowest BCUT2D eigenvalue weighted by Crippen LogP contribution is -2.64. The van der Waals surface area contributed by atoms with Gasteiger partial charge in [-0.3, -0.25) is 14.5 Å². The monoisotopic (exact) mass is 345 g/mol. The molecule has 0 aromatic carbocycles. The Bertz CT molecular complexity index is 661. The summed E-state index contributed by atoms with van der Waals surface area (Å²) in [4.78, 5) is 35.7. The fraction of sp³-hybridized carbons (Fsp3) is 0.588. The molecule has 3 aliphatic rings. The van der Waals surface area contributed by atoms with Crippen LogP contribution in [-0.2, 0) is 9.53 Å². The summed E-state index contributed by atoms with van der Waals surface area (Å²) in [5.41, 5.74) is 0.606. The van der Waals surface area contributed by atoms with Gasteiger partial charge in [-0.25, -0.2) is 4.98 Å². The molecule has 1 N–H and O–H groups in total. The van der Waals surface area contributed by atoms with Crippen LogP contribution in [0.2, 0.25) is 0 Å². The number of carbonyl (C=O) groups excluding carboxylic acids is 2. The van der Waals surface area contributed by atoms with Crippen molar-refractivity contribution in [1.82, 2.24) is 20.1 Å². The van der Waals surface area contributed by atoms with Crippen LogP contribution < -0.4 is 10.2 Å². The molecule has 3 saturated heterocycles. The smallest absolute Gasteiger partial charge is 0.257 e. The van der Waals surface area contributed by atoms with E-state index < -0.39 is 0 Å². The Kier molecular flexibility index (Phi) is 4.54. The lowest BCUT2D eigenvalue weighted by Gasteiger charge is -2.43. The van der Waals surface area contributed by atoms with Crippen molar-refractivity contribution in [3.63, 3.8) is 0 Å². The number of morpholine rings is 1. The minimum atomic E-state index is -0.241. The van der Waals surface area contributed by atoms with Gasteiger partial charge in [-0.2, -0.15) is 0 Å². The maximum Gasteiger partial charge on any atom is 0.257 e. The molecule has 8 nitrogen and oxygen atoms in total. The fourth-order valence-electron chi connectivity index (χ4n) is 3.72. The Balaban J connectivity index is 1.54. The quantitative estimate of drug-likeness (QED) is 0.754. The molecule has 0 unspecified atom stereocenters. The predicted octanol–water partition coefficient (Wildman–Crippen LogP) is -0.826. The highest BCUT2D eigenvalue weighted by Gasteiger charge is 2.37. The van der Waals surface area contributed by atoms with Crippen LogP contribution in [0.3, 0.4) is 0 Å². The zero-order valence-corrected chi connectivity index (χ0v) is 14.2. The normalized spacial score (nSPS) is 24.6. The first kappa shape index (κ1) is 16.3. The lowest BCUT2D eigenvalue weighted by molar-refractivity contribution is -0.131. The molecular weight excluding hydrogens is 322 g/mol. The number of hydrogen-bond acceptors (Lipinski definition) is 6. The van der Waals surface area contributed by atoms with Gasteiger partial charge in [0.05, 0.1) is 18.8 Å². The molecule has 1 aromatic rings. The third-order valence-corrected chi connectivity index (χ3v) is 5.11. The first-order valence-electron chi connectivity index (χ1n) is 8.83. The van der Waals surface area contributed by atoms with Crippen molar-refractivity contribution >= 4 is 17.6 Å². The summed E-state index contributed by atoms with van der Waals surface area (Å²) in [6.07, 6.45) is 1.72. The number of nitrogens with one attached hydrogen (secondary N) is 1. The molecule has 0 saturated carbocycles. The minimum Gasteiger partial charge on any atom is -0.378 e. The molecule has 0 aliphatic carbocycles. The average molecular weight is 345 g/mol. The Hall–Kier alpha value is -2.19. The molecule has 0 bridgehead atoms. The molecule has 25 heavy (non-hydrogen) atoms. The Morgan fingerprint density at radius 3 is 2.88 bits per heavy atom. The summed E-state index contributed by atoms with van der Waals surface area (Å²) in [6, 6.07) is 3.38. The van der Waals surface area contributed by atoms with Gasteiger partial charge in [-0.1, -0.05) is 0 Å². The van der Waals surface area contributed by atoms with Crippen LogP contribution in [0.1, 0.15) is 10.4 Å². The summed E-state index contributed by atoms with van der Waals surface area (Å²) in [6.45, 7) is 6.10. The van der Waals surface area contributed by atoms with Crippen molar-refractivity contribution in [3.05, 3.63) is 23.9 Å². The molecule has 0 spiro atoms. The van der Waals surface area contributed by atoms with Gasteiger partial charge in [-0.05, 0) is 12.1 Å². The maximum absolute atomic E-state index is 13.1. The zero-order chi connectivity index (χ0) is 17.2. The van der Waals surface area contributed by atoms with Crippen LogP contribution in [0, 0.1) is 0 Å². The maximum atomic E-state index is 13.1. The van der Waals surface area contributed by atoms with Gasteiger partial charge in [0.1, 0.15) is 11.9 Å². The number of carbonyl (C=O) groups is 2. The molecular formula is C17H23N5O3. The third kappa shape index (κ3) is 3.19. The first-order chi connectivity index (χ1) is 12.2. The van der Waals surface area contributed by atoms with Gasteiger partial charge in [0.2, 0.25) is 5.91 Å². The number of aromatic nitrogens is 1. The molecule has 3 fully saturated rings. The second kappa shape index (κ2) is 6.97. The highest BCUT2D eigenvalue weighted by Crippen LogP contribution is 2.22. The summed E-state index contributed by atoms with van der Waals surface area (Å²) in [5, 5.41) is 2.89. The number of amides is 2. The lowest BCUT2D eigenvalue weighted by atomic mass is 10.1. The van der Waals surface area contributed by atoms with Crippen LogP contribution in [0.4, 0.5) is 5.82 Å². The number of nitrogens with zero attached hydrogens (tertiary/aromatic N) is 4. The summed E-state index contributed by atoms with van der Waals surface area (Å²) in [7, 11) is 0. The average Bonchev–Trinajstić information content (AvgIpc) is 2.68. The largest absolute Gasteiger partial charge is 0.378 e. The van der Waals surface area contributed by atoms with Gasteiger partial charge in [0, 0.05) is 52.0 Å². The van der Waals surface area contributed by atoms with E-state index in [0.29, 0.717) is 44.2 Å². The van der Waals surface area contributed by atoms with E-state index in [1.165, 1.54) is 0 Å². The number of rotatable bonds is 2. The standard InChI is InChI=1S/C17H23N5O3/c23-16-14-12-22(7-6-20(14)5-4-19-16)17(24)13-2-1-3-18-15(13)21-8-10-25-11-9-21/h1-3,14H,4-12H2,(H,19,23)/t14-/m0/s1. The van der Waals surface area contributed by atoms with Crippen molar-refractivity contribution in [3.8, 4) is 0 Å². The van der Waals surface area contributed by atoms with E-state index in [1.54, 1.807) is 17.2 Å². The van der Waals surface area contributed by atoms with E-state index in [4.69, 9.17) is 4.74 Å². The number of hydrogen-bond donors (Lipinski definition) is 1. The Morgan fingerprint density at radius 2 is 2.04 bits per heavy atom. The van der Waals surface area contributed by atoms with Crippen molar-refractivity contribution in [2.45, 2.75) is 6.04 Å². The Labute approximate surface area is 146 Å². The molecule has 0 radical (unpaired) electrons.